The predicted octanol–water partition coefficient (Wildman–Crippen LogP) is 3.01. The molecular formula is C12H13BrClNO2. The van der Waals surface area contributed by atoms with E-state index in [0.717, 1.165) is 6.54 Å². The Morgan fingerprint density at radius 2 is 2.29 bits per heavy atom. The van der Waals surface area contributed by atoms with E-state index in [1.807, 2.05) is 0 Å². The number of halogens is 2. The fraction of sp³-hybridized carbons (Fsp3) is 0.417. The highest BCUT2D eigenvalue weighted by Crippen LogP contribution is 2.31. The van der Waals surface area contributed by atoms with Gasteiger partial charge < -0.3 is 10.1 Å². The fourth-order valence-electron chi connectivity index (χ4n) is 1.37. The van der Waals surface area contributed by atoms with Crippen LogP contribution in [0.1, 0.15) is 12.8 Å². The maximum Gasteiger partial charge on any atom is 0.257 e. The zero-order valence-corrected chi connectivity index (χ0v) is 11.6. The standard InChI is InChI=1S/C12H13BrClNO2/c13-12-9(14)2-1-3-10(12)17-7-11(16)15-6-8-4-5-8/h1-3,8H,4-7H2,(H,15,16). The molecule has 2 rings (SSSR count). The molecule has 0 spiro atoms. The molecule has 1 aliphatic carbocycles. The molecule has 3 nitrogen and oxygen atoms in total. The minimum Gasteiger partial charge on any atom is -0.483 e. The zero-order valence-electron chi connectivity index (χ0n) is 9.21. The van der Waals surface area contributed by atoms with Crippen molar-refractivity contribution in [2.24, 2.45) is 5.92 Å². The third-order valence-corrected chi connectivity index (χ3v) is 3.92. The molecule has 1 N–H and O–H groups in total. The summed E-state index contributed by atoms with van der Waals surface area (Å²) in [6.45, 7) is 0.782. The number of amides is 1. The van der Waals surface area contributed by atoms with Gasteiger partial charge in [-0.3, -0.25) is 4.79 Å². The van der Waals surface area contributed by atoms with E-state index in [9.17, 15) is 4.79 Å². The van der Waals surface area contributed by atoms with E-state index in [-0.39, 0.29) is 12.5 Å². The Labute approximate surface area is 114 Å². The summed E-state index contributed by atoms with van der Waals surface area (Å²) in [6.07, 6.45) is 2.45. The number of rotatable bonds is 5. The molecule has 5 heteroatoms. The molecule has 1 aromatic rings. The van der Waals surface area contributed by atoms with Gasteiger partial charge >= 0.3 is 0 Å². The SMILES string of the molecule is O=C(COc1cccc(Cl)c1Br)NCC1CC1. The van der Waals surface area contributed by atoms with Gasteiger partial charge in [-0.2, -0.15) is 0 Å². The van der Waals surface area contributed by atoms with E-state index in [1.54, 1.807) is 18.2 Å². The van der Waals surface area contributed by atoms with Crippen molar-refractivity contribution >= 4 is 33.4 Å². The maximum atomic E-state index is 11.5. The van der Waals surface area contributed by atoms with Crippen LogP contribution in [0, 0.1) is 5.92 Å². The second kappa shape index (κ2) is 5.74. The number of ether oxygens (including phenoxy) is 1. The first-order chi connectivity index (χ1) is 8.16. The van der Waals surface area contributed by atoms with Gasteiger partial charge in [-0.25, -0.2) is 0 Å². The molecule has 0 aliphatic heterocycles. The average molecular weight is 319 g/mol. The van der Waals surface area contributed by atoms with Crippen LogP contribution in [-0.2, 0) is 4.79 Å². The van der Waals surface area contributed by atoms with Crippen LogP contribution in [0.15, 0.2) is 22.7 Å². The van der Waals surface area contributed by atoms with Gasteiger partial charge in [0.05, 0.1) is 9.50 Å². The van der Waals surface area contributed by atoms with E-state index in [1.165, 1.54) is 12.8 Å². The Morgan fingerprint density at radius 1 is 1.53 bits per heavy atom. The predicted molar refractivity (Wildman–Crippen MR) is 70.4 cm³/mol. The van der Waals surface area contributed by atoms with Gasteiger partial charge in [0, 0.05) is 6.54 Å². The van der Waals surface area contributed by atoms with E-state index in [4.69, 9.17) is 16.3 Å². The van der Waals surface area contributed by atoms with Gasteiger partial charge in [-0.1, -0.05) is 17.7 Å². The maximum absolute atomic E-state index is 11.5. The van der Waals surface area contributed by atoms with Gasteiger partial charge in [-0.15, -0.1) is 0 Å². The monoisotopic (exact) mass is 317 g/mol. The third-order valence-electron chi connectivity index (χ3n) is 2.56. The molecule has 92 valence electrons. The smallest absolute Gasteiger partial charge is 0.257 e. The van der Waals surface area contributed by atoms with Gasteiger partial charge in [0.1, 0.15) is 5.75 Å². The largest absolute Gasteiger partial charge is 0.483 e. The second-order valence-corrected chi connectivity index (χ2v) is 5.29. The third kappa shape index (κ3) is 3.89. The first-order valence-corrected chi connectivity index (χ1v) is 6.67. The molecule has 17 heavy (non-hydrogen) atoms. The Balaban J connectivity index is 1.79. The molecule has 1 saturated carbocycles. The summed E-state index contributed by atoms with van der Waals surface area (Å²) in [4.78, 5) is 11.5. The van der Waals surface area contributed by atoms with Crippen molar-refractivity contribution in [3.05, 3.63) is 27.7 Å². The van der Waals surface area contributed by atoms with Crippen molar-refractivity contribution in [3.63, 3.8) is 0 Å². The summed E-state index contributed by atoms with van der Waals surface area (Å²) in [7, 11) is 0. The van der Waals surface area contributed by atoms with Gasteiger partial charge in [0.15, 0.2) is 6.61 Å². The molecule has 0 aromatic heterocycles. The van der Waals surface area contributed by atoms with Crippen molar-refractivity contribution < 1.29 is 9.53 Å². The van der Waals surface area contributed by atoms with Crippen LogP contribution >= 0.6 is 27.5 Å². The molecule has 0 bridgehead atoms. The lowest BCUT2D eigenvalue weighted by Crippen LogP contribution is -2.30. The quantitative estimate of drug-likeness (QED) is 0.906. The summed E-state index contributed by atoms with van der Waals surface area (Å²) < 4.78 is 6.07. The Kier molecular flexibility index (Phi) is 4.29. The molecular weight excluding hydrogens is 305 g/mol. The van der Waals surface area contributed by atoms with Crippen LogP contribution in [0.5, 0.6) is 5.75 Å². The highest BCUT2D eigenvalue weighted by atomic mass is 79.9. The van der Waals surface area contributed by atoms with E-state index >= 15 is 0 Å². The summed E-state index contributed by atoms with van der Waals surface area (Å²) >= 11 is 9.23. The number of carbonyl (C=O) groups excluding carboxylic acids is 1. The topological polar surface area (TPSA) is 38.3 Å². The van der Waals surface area contributed by atoms with Crippen LogP contribution in [0.3, 0.4) is 0 Å². The first kappa shape index (κ1) is 12.7. The Bertz CT molecular complexity index is 421. The van der Waals surface area contributed by atoms with Crippen LogP contribution in [0.2, 0.25) is 5.02 Å². The van der Waals surface area contributed by atoms with Crippen LogP contribution in [0.25, 0.3) is 0 Å². The number of hydrogen-bond donors (Lipinski definition) is 1. The summed E-state index contributed by atoms with van der Waals surface area (Å²) in [5, 5.41) is 3.41. The number of benzene rings is 1. The first-order valence-electron chi connectivity index (χ1n) is 5.50. The van der Waals surface area contributed by atoms with Crippen molar-refractivity contribution in [2.75, 3.05) is 13.2 Å². The molecule has 0 atom stereocenters. The van der Waals surface area contributed by atoms with Gasteiger partial charge in [0.2, 0.25) is 0 Å². The van der Waals surface area contributed by atoms with E-state index in [2.05, 4.69) is 21.2 Å². The molecule has 1 aromatic carbocycles. The molecule has 1 fully saturated rings. The lowest BCUT2D eigenvalue weighted by atomic mass is 10.3. The van der Waals surface area contributed by atoms with Crippen molar-refractivity contribution in [3.8, 4) is 5.75 Å². The van der Waals surface area contributed by atoms with Crippen molar-refractivity contribution in [1.29, 1.82) is 0 Å². The molecule has 1 aliphatic rings. The molecule has 0 radical (unpaired) electrons. The van der Waals surface area contributed by atoms with E-state index < -0.39 is 0 Å². The summed E-state index contributed by atoms with van der Waals surface area (Å²) in [5.41, 5.74) is 0. The minimum absolute atomic E-state index is 0.0195. The normalized spacial score (nSPS) is 14.5. The summed E-state index contributed by atoms with van der Waals surface area (Å²) in [6, 6.07) is 5.31. The lowest BCUT2D eigenvalue weighted by Gasteiger charge is -2.09. The number of carbonyl (C=O) groups is 1. The molecule has 0 unspecified atom stereocenters. The number of hydrogen-bond acceptors (Lipinski definition) is 2. The van der Waals surface area contributed by atoms with Gasteiger partial charge in [0.25, 0.3) is 5.91 Å². The minimum atomic E-state index is -0.0937. The van der Waals surface area contributed by atoms with E-state index in [0.29, 0.717) is 21.2 Å². The average Bonchev–Trinajstić information content (AvgIpc) is 3.12. The van der Waals surface area contributed by atoms with Crippen molar-refractivity contribution in [1.82, 2.24) is 5.32 Å². The fourth-order valence-corrected chi connectivity index (χ4v) is 1.91. The van der Waals surface area contributed by atoms with Crippen LogP contribution < -0.4 is 10.1 Å². The summed E-state index contributed by atoms with van der Waals surface area (Å²) in [5.74, 6) is 1.17. The second-order valence-electron chi connectivity index (χ2n) is 4.09. The highest BCUT2D eigenvalue weighted by Gasteiger charge is 2.21. The Hall–Kier alpha value is -0.740. The van der Waals surface area contributed by atoms with Gasteiger partial charge in [-0.05, 0) is 46.8 Å². The molecule has 0 heterocycles. The number of nitrogens with one attached hydrogen (secondary N) is 1. The zero-order chi connectivity index (χ0) is 12.3. The van der Waals surface area contributed by atoms with Crippen LogP contribution in [-0.4, -0.2) is 19.1 Å². The van der Waals surface area contributed by atoms with Crippen LogP contribution in [0.4, 0.5) is 0 Å². The molecule has 0 saturated heterocycles. The molecule has 1 amide bonds. The lowest BCUT2D eigenvalue weighted by molar-refractivity contribution is -0.123. The Morgan fingerprint density at radius 3 is 3.00 bits per heavy atom. The van der Waals surface area contributed by atoms with Crippen molar-refractivity contribution in [2.45, 2.75) is 12.8 Å². The highest BCUT2D eigenvalue weighted by molar-refractivity contribution is 9.10.